The molecule has 2 heterocycles. The molecule has 0 spiro atoms. The zero-order valence-corrected chi connectivity index (χ0v) is 37.5. The first kappa shape index (κ1) is 42.2. The molecule has 0 radical (unpaired) electrons. The average molecular weight is 909 g/mol. The van der Waals surface area contributed by atoms with Gasteiger partial charge in [0.15, 0.2) is 0 Å². The zero-order valence-electron chi connectivity index (χ0n) is 37.5. The van der Waals surface area contributed by atoms with Gasteiger partial charge in [-0.15, -0.1) is 0 Å². The van der Waals surface area contributed by atoms with Crippen molar-refractivity contribution in [3.8, 4) is 56.9 Å². The fourth-order valence-electron chi connectivity index (χ4n) is 10.4. The molecule has 332 valence electrons. The lowest BCUT2D eigenvalue weighted by atomic mass is 9.93. The monoisotopic (exact) mass is 908 g/mol. The first-order chi connectivity index (χ1) is 34.2. The second kappa shape index (κ2) is 16.9. The summed E-state index contributed by atoms with van der Waals surface area (Å²) >= 11 is 0. The Morgan fingerprint density at radius 2 is 0.929 bits per heavy atom. The maximum atomic E-state index is 15.7. The van der Waals surface area contributed by atoms with Gasteiger partial charge in [-0.05, 0) is 111 Å². The van der Waals surface area contributed by atoms with E-state index in [0.29, 0.717) is 11.4 Å². The summed E-state index contributed by atoms with van der Waals surface area (Å²) in [7, 11) is 0. The number of allylic oxidation sites excluding steroid dienone is 8. The maximum absolute atomic E-state index is 15.7. The third-order valence-electron chi connectivity index (χ3n) is 13.7. The van der Waals surface area contributed by atoms with Crippen molar-refractivity contribution in [2.45, 2.75) is 19.0 Å². The number of rotatable bonds is 5. The molecule has 0 unspecified atom stereocenters. The van der Waals surface area contributed by atoms with E-state index in [4.69, 9.17) is 0 Å². The lowest BCUT2D eigenvalue weighted by molar-refractivity contribution is -0.137. The van der Waals surface area contributed by atoms with Gasteiger partial charge in [-0.3, -0.25) is 0 Å². The predicted octanol–water partition coefficient (Wildman–Crippen LogP) is 15.0. The summed E-state index contributed by atoms with van der Waals surface area (Å²) in [5.74, 6) is 0. The highest BCUT2D eigenvalue weighted by molar-refractivity contribution is 6.13. The molecule has 0 saturated carbocycles. The van der Waals surface area contributed by atoms with E-state index in [1.807, 2.05) is 95.6 Å². The van der Waals surface area contributed by atoms with Crippen LogP contribution in [0.5, 0.6) is 0 Å². The fraction of sp³-hybridized carbons (Fsp3) is 0.0476. The van der Waals surface area contributed by atoms with Gasteiger partial charge in [-0.2, -0.15) is 23.7 Å². The van der Waals surface area contributed by atoms with Gasteiger partial charge in [0.25, 0.3) is 0 Å². The number of nitriles is 2. The van der Waals surface area contributed by atoms with E-state index in [-0.39, 0.29) is 22.3 Å². The molecule has 4 nitrogen and oxygen atoms in total. The normalized spacial score (nSPS) is 15.0. The minimum absolute atomic E-state index is 0.112. The first-order valence-electron chi connectivity index (χ1n) is 23.1. The molecule has 2 aliphatic carbocycles. The van der Waals surface area contributed by atoms with Crippen molar-refractivity contribution >= 4 is 54.8 Å². The largest absolute Gasteiger partial charge is 0.417 e. The predicted molar refractivity (Wildman–Crippen MR) is 278 cm³/mol. The van der Waals surface area contributed by atoms with Crippen LogP contribution in [0.2, 0.25) is 0 Å². The topological polar surface area (TPSA) is 57.4 Å². The molecular weight excluding hydrogens is 870 g/mol. The number of alkyl halides is 3. The summed E-state index contributed by atoms with van der Waals surface area (Å²) in [4.78, 5) is 0. The summed E-state index contributed by atoms with van der Waals surface area (Å²) in [6, 6.07) is 56.8. The Bertz CT molecular complexity index is 3970. The molecule has 0 aliphatic heterocycles. The van der Waals surface area contributed by atoms with Crippen LogP contribution in [0.4, 0.5) is 13.2 Å². The van der Waals surface area contributed by atoms with Crippen LogP contribution in [-0.2, 0) is 6.18 Å². The molecular formula is C63H39F3N4. The molecule has 2 aromatic heterocycles. The smallest absolute Gasteiger partial charge is 0.309 e. The number of benzene rings is 8. The van der Waals surface area contributed by atoms with Gasteiger partial charge in [0.1, 0.15) is 6.07 Å². The van der Waals surface area contributed by atoms with Crippen LogP contribution in [0.1, 0.15) is 29.5 Å². The summed E-state index contributed by atoms with van der Waals surface area (Å²) in [5.41, 5.74) is 9.33. The summed E-state index contributed by atoms with van der Waals surface area (Å²) in [6.07, 6.45) is 13.1. The molecule has 7 heteroatoms. The Morgan fingerprint density at radius 3 is 1.40 bits per heavy atom. The minimum atomic E-state index is -4.84. The Kier molecular flexibility index (Phi) is 10.2. The van der Waals surface area contributed by atoms with Crippen LogP contribution < -0.4 is 10.4 Å². The molecule has 2 aliphatic rings. The molecule has 12 rings (SSSR count). The van der Waals surface area contributed by atoms with Crippen LogP contribution in [0, 0.1) is 22.7 Å². The quantitative estimate of drug-likeness (QED) is 0.173. The highest BCUT2D eigenvalue weighted by Crippen LogP contribution is 2.45. The van der Waals surface area contributed by atoms with Crippen LogP contribution in [0.25, 0.3) is 99.5 Å². The molecule has 8 aromatic carbocycles. The number of hydrogen-bond donors (Lipinski definition) is 0. The van der Waals surface area contributed by atoms with E-state index in [9.17, 15) is 10.5 Å². The number of aromatic nitrogens is 2. The van der Waals surface area contributed by atoms with Crippen molar-refractivity contribution in [3.05, 3.63) is 240 Å². The lowest BCUT2D eigenvalue weighted by Crippen LogP contribution is -2.11. The standard InChI is InChI=1S/C63H39F3N4/c64-63(65,66)56-31-40(38-67)21-26-50(56)55-37-57(69-58-32-45(41-13-5-1-6-14-41)22-27-51(58)52-28-23-46(33-59(52)69)42-15-7-2-8-16-42)49(39-68)36-62(55)70-60-34-47(43-17-9-3-10-18-43)24-29-53(60)54-30-25-48(35-61(54)70)44-19-11-4-12-20-44/h1-13,15,17-37H,14,16H2. The molecule has 70 heavy (non-hydrogen) atoms. The Morgan fingerprint density at radius 1 is 0.429 bits per heavy atom. The van der Waals surface area contributed by atoms with Crippen LogP contribution in [0.15, 0.2) is 212 Å². The van der Waals surface area contributed by atoms with Gasteiger partial charge >= 0.3 is 6.18 Å². The Balaban J connectivity index is 1.25. The highest BCUT2D eigenvalue weighted by atomic mass is 19.4. The fourth-order valence-corrected chi connectivity index (χ4v) is 10.4. The Labute approximate surface area is 401 Å². The second-order valence-electron chi connectivity index (χ2n) is 17.7. The third kappa shape index (κ3) is 7.15. The van der Waals surface area contributed by atoms with E-state index in [0.717, 1.165) is 106 Å². The van der Waals surface area contributed by atoms with E-state index in [1.165, 1.54) is 12.1 Å². The van der Waals surface area contributed by atoms with Gasteiger partial charge in [0, 0.05) is 27.1 Å². The third-order valence-corrected chi connectivity index (χ3v) is 13.7. The van der Waals surface area contributed by atoms with Crippen molar-refractivity contribution in [1.82, 2.24) is 9.13 Å². The van der Waals surface area contributed by atoms with Gasteiger partial charge in [0.2, 0.25) is 0 Å². The van der Waals surface area contributed by atoms with E-state index >= 15 is 13.2 Å². The van der Waals surface area contributed by atoms with E-state index in [2.05, 4.69) is 108 Å². The summed E-state index contributed by atoms with van der Waals surface area (Å²) in [6.45, 7) is 0. The highest BCUT2D eigenvalue weighted by Gasteiger charge is 2.35. The van der Waals surface area contributed by atoms with Crippen LogP contribution in [-0.4, -0.2) is 9.13 Å². The van der Waals surface area contributed by atoms with Crippen LogP contribution in [0.3, 0.4) is 0 Å². The first-order valence-corrected chi connectivity index (χ1v) is 23.1. The van der Waals surface area contributed by atoms with Gasteiger partial charge < -0.3 is 9.13 Å². The van der Waals surface area contributed by atoms with Crippen LogP contribution >= 0.6 is 0 Å². The number of halogens is 3. The van der Waals surface area contributed by atoms with E-state index in [1.54, 1.807) is 12.1 Å². The van der Waals surface area contributed by atoms with Gasteiger partial charge in [-0.1, -0.05) is 164 Å². The molecule has 0 fully saturated rings. The van der Waals surface area contributed by atoms with Crippen molar-refractivity contribution in [3.63, 3.8) is 0 Å². The lowest BCUT2D eigenvalue weighted by Gasteiger charge is -2.21. The number of nitrogens with zero attached hydrogens (tertiary/aromatic N) is 4. The van der Waals surface area contributed by atoms with Crippen molar-refractivity contribution in [2.24, 2.45) is 0 Å². The Hall–Kier alpha value is -9.17. The van der Waals surface area contributed by atoms with Crippen molar-refractivity contribution < 1.29 is 13.2 Å². The number of fused-ring (bicyclic) bond motifs is 6. The maximum Gasteiger partial charge on any atom is 0.417 e. The molecule has 0 atom stereocenters. The van der Waals surface area contributed by atoms with Gasteiger partial charge in [-0.25, -0.2) is 0 Å². The molecule has 0 N–H and O–H groups in total. The average Bonchev–Trinajstić information content (AvgIpc) is 3.92. The van der Waals surface area contributed by atoms with Gasteiger partial charge in [0.05, 0.1) is 56.2 Å². The molecule has 10 aromatic rings. The SMILES string of the molecule is N#Cc1ccc(-c2cc(-n3c4cc(=C5C=CC=CC5)ccc4c4ccc(=C5C=CC=CC5)cc43)c(C#N)cc2-n2c3cc(-c4ccccc4)ccc3c3ccc(-c4ccccc4)cc32)c(C(F)(F)F)c1. The van der Waals surface area contributed by atoms with E-state index < -0.39 is 11.7 Å². The molecule has 0 saturated heterocycles. The minimum Gasteiger partial charge on any atom is -0.309 e. The molecule has 0 bridgehead atoms. The zero-order chi connectivity index (χ0) is 47.5. The van der Waals surface area contributed by atoms with Crippen molar-refractivity contribution in [1.29, 1.82) is 10.5 Å². The summed E-state index contributed by atoms with van der Waals surface area (Å²) < 4.78 is 51.1. The van der Waals surface area contributed by atoms with Crippen molar-refractivity contribution in [2.75, 3.05) is 0 Å². The summed E-state index contributed by atoms with van der Waals surface area (Å²) in [5, 5.41) is 27.1. The molecule has 0 amide bonds. The second-order valence-corrected chi connectivity index (χ2v) is 17.7. The number of hydrogen-bond acceptors (Lipinski definition) is 2.